The van der Waals surface area contributed by atoms with Crippen LogP contribution in [-0.2, 0) is 4.79 Å². The molecule has 0 saturated heterocycles. The number of carbonyl (C=O) groups excluding carboxylic acids is 1. The second kappa shape index (κ2) is 5.92. The molecule has 22 heavy (non-hydrogen) atoms. The summed E-state index contributed by atoms with van der Waals surface area (Å²) in [6.07, 6.45) is 1.24. The Bertz CT molecular complexity index is 591. The fraction of sp³-hybridized carbons (Fsp3) is 0.611. The van der Waals surface area contributed by atoms with E-state index in [1.165, 1.54) is 5.56 Å². The fourth-order valence-electron chi connectivity index (χ4n) is 3.16. The van der Waals surface area contributed by atoms with Gasteiger partial charge in [0, 0.05) is 24.4 Å². The normalized spacial score (nSPS) is 20.8. The number of nitrogens with one attached hydrogen (secondary N) is 1. The second-order valence-corrected chi connectivity index (χ2v) is 6.96. The lowest BCUT2D eigenvalue weighted by atomic mass is 9.84. The van der Waals surface area contributed by atoms with E-state index >= 15 is 0 Å². The molecule has 4 nitrogen and oxygen atoms in total. The third-order valence-electron chi connectivity index (χ3n) is 4.51. The van der Waals surface area contributed by atoms with Gasteiger partial charge in [-0.1, -0.05) is 6.92 Å². The van der Waals surface area contributed by atoms with Gasteiger partial charge >= 0.3 is 0 Å². The standard InChI is InChI=1S/C18H28N2O2/c1-7-16(21)20-15-9-18(5,6)22-17-11(3)10(2)13(12(4)19)8-14(15)17/h8,12,15H,7,9,19H2,1-6H3,(H,20,21). The largest absolute Gasteiger partial charge is 0.487 e. The van der Waals surface area contributed by atoms with E-state index in [-0.39, 0.29) is 23.6 Å². The molecule has 1 heterocycles. The summed E-state index contributed by atoms with van der Waals surface area (Å²) in [6.45, 7) is 12.1. The SMILES string of the molecule is CCC(=O)NC1CC(C)(C)Oc2c1cc(C(C)N)c(C)c2C. The number of benzene rings is 1. The summed E-state index contributed by atoms with van der Waals surface area (Å²) in [5.41, 5.74) is 10.3. The molecule has 2 unspecified atom stereocenters. The second-order valence-electron chi connectivity index (χ2n) is 6.96. The summed E-state index contributed by atoms with van der Waals surface area (Å²) in [5.74, 6) is 0.966. The first-order valence-corrected chi connectivity index (χ1v) is 8.04. The van der Waals surface area contributed by atoms with Crippen LogP contribution in [0.4, 0.5) is 0 Å². The van der Waals surface area contributed by atoms with Gasteiger partial charge in [0.25, 0.3) is 0 Å². The molecule has 3 N–H and O–H groups in total. The van der Waals surface area contributed by atoms with E-state index in [0.717, 1.165) is 28.9 Å². The molecular formula is C18H28N2O2. The van der Waals surface area contributed by atoms with Crippen molar-refractivity contribution in [2.45, 2.75) is 72.1 Å². The molecule has 2 rings (SSSR count). The van der Waals surface area contributed by atoms with Crippen LogP contribution in [0, 0.1) is 13.8 Å². The van der Waals surface area contributed by atoms with Gasteiger partial charge in [0.1, 0.15) is 11.4 Å². The zero-order chi connectivity index (χ0) is 16.7. The van der Waals surface area contributed by atoms with Gasteiger partial charge in [-0.2, -0.15) is 0 Å². The Morgan fingerprint density at radius 2 is 2.09 bits per heavy atom. The van der Waals surface area contributed by atoms with Crippen molar-refractivity contribution < 1.29 is 9.53 Å². The molecule has 2 atom stereocenters. The number of hydrogen-bond donors (Lipinski definition) is 2. The topological polar surface area (TPSA) is 64.3 Å². The van der Waals surface area contributed by atoms with Gasteiger partial charge in [-0.3, -0.25) is 4.79 Å². The molecule has 0 aliphatic carbocycles. The summed E-state index contributed by atoms with van der Waals surface area (Å²) < 4.78 is 6.22. The number of ether oxygens (including phenoxy) is 1. The molecule has 0 fully saturated rings. The highest BCUT2D eigenvalue weighted by molar-refractivity contribution is 5.76. The van der Waals surface area contributed by atoms with E-state index in [1.54, 1.807) is 0 Å². The fourth-order valence-corrected chi connectivity index (χ4v) is 3.16. The van der Waals surface area contributed by atoms with Crippen molar-refractivity contribution in [1.82, 2.24) is 5.32 Å². The molecule has 4 heteroatoms. The molecule has 0 radical (unpaired) electrons. The Morgan fingerprint density at radius 3 is 2.64 bits per heavy atom. The van der Waals surface area contributed by atoms with Crippen LogP contribution in [0.3, 0.4) is 0 Å². The van der Waals surface area contributed by atoms with Crippen molar-refractivity contribution in [1.29, 1.82) is 0 Å². The van der Waals surface area contributed by atoms with E-state index in [4.69, 9.17) is 10.5 Å². The third-order valence-corrected chi connectivity index (χ3v) is 4.51. The van der Waals surface area contributed by atoms with Crippen molar-refractivity contribution in [3.63, 3.8) is 0 Å². The van der Waals surface area contributed by atoms with Crippen molar-refractivity contribution in [2.24, 2.45) is 5.73 Å². The highest BCUT2D eigenvalue weighted by atomic mass is 16.5. The van der Waals surface area contributed by atoms with Crippen LogP contribution < -0.4 is 15.8 Å². The van der Waals surface area contributed by atoms with Gasteiger partial charge in [-0.15, -0.1) is 0 Å². The zero-order valence-corrected chi connectivity index (χ0v) is 14.5. The monoisotopic (exact) mass is 304 g/mol. The average molecular weight is 304 g/mol. The van der Waals surface area contributed by atoms with Crippen LogP contribution >= 0.6 is 0 Å². The summed E-state index contributed by atoms with van der Waals surface area (Å²) in [5, 5.41) is 3.13. The number of fused-ring (bicyclic) bond motifs is 1. The molecule has 1 aromatic rings. The van der Waals surface area contributed by atoms with Crippen LogP contribution in [-0.4, -0.2) is 11.5 Å². The number of nitrogens with two attached hydrogens (primary N) is 1. The first-order valence-electron chi connectivity index (χ1n) is 8.04. The van der Waals surface area contributed by atoms with Crippen molar-refractivity contribution in [2.75, 3.05) is 0 Å². The minimum Gasteiger partial charge on any atom is -0.487 e. The molecule has 1 aromatic carbocycles. The maximum atomic E-state index is 11.9. The first kappa shape index (κ1) is 16.8. The molecule has 1 amide bonds. The first-order chi connectivity index (χ1) is 10.2. The third kappa shape index (κ3) is 3.12. The van der Waals surface area contributed by atoms with E-state index in [0.29, 0.717) is 6.42 Å². The number of carbonyl (C=O) groups is 1. The Labute approximate surface area is 133 Å². The summed E-state index contributed by atoms with van der Waals surface area (Å²) in [7, 11) is 0. The number of rotatable bonds is 3. The summed E-state index contributed by atoms with van der Waals surface area (Å²) >= 11 is 0. The predicted molar refractivity (Wildman–Crippen MR) is 89.0 cm³/mol. The molecule has 1 aliphatic rings. The molecule has 0 aromatic heterocycles. The van der Waals surface area contributed by atoms with Crippen LogP contribution in [0.25, 0.3) is 0 Å². The molecule has 0 spiro atoms. The Kier molecular flexibility index (Phi) is 4.52. The molecule has 122 valence electrons. The quantitative estimate of drug-likeness (QED) is 0.899. The maximum Gasteiger partial charge on any atom is 0.220 e. The Balaban J connectivity index is 2.57. The van der Waals surface area contributed by atoms with Crippen molar-refractivity contribution >= 4 is 5.91 Å². The van der Waals surface area contributed by atoms with Crippen molar-refractivity contribution in [3.8, 4) is 5.75 Å². The van der Waals surface area contributed by atoms with Gasteiger partial charge in [0.15, 0.2) is 0 Å². The highest BCUT2D eigenvalue weighted by Crippen LogP contribution is 2.44. The summed E-state index contributed by atoms with van der Waals surface area (Å²) in [4.78, 5) is 11.9. The van der Waals surface area contributed by atoms with E-state index in [1.807, 2.05) is 13.8 Å². The van der Waals surface area contributed by atoms with E-state index in [9.17, 15) is 4.79 Å². The van der Waals surface area contributed by atoms with Gasteiger partial charge in [0.2, 0.25) is 5.91 Å². The van der Waals surface area contributed by atoms with Crippen molar-refractivity contribution in [3.05, 3.63) is 28.3 Å². The lowest BCUT2D eigenvalue weighted by Gasteiger charge is -2.39. The van der Waals surface area contributed by atoms with E-state index in [2.05, 4.69) is 39.1 Å². The minimum atomic E-state index is -0.300. The predicted octanol–water partition coefficient (Wildman–Crippen LogP) is 3.45. The number of hydrogen-bond acceptors (Lipinski definition) is 3. The number of amides is 1. The Morgan fingerprint density at radius 1 is 1.45 bits per heavy atom. The lowest BCUT2D eigenvalue weighted by molar-refractivity contribution is -0.122. The van der Waals surface area contributed by atoms with Gasteiger partial charge in [-0.25, -0.2) is 0 Å². The smallest absolute Gasteiger partial charge is 0.220 e. The summed E-state index contributed by atoms with van der Waals surface area (Å²) in [6, 6.07) is 2.04. The molecule has 1 aliphatic heterocycles. The van der Waals surface area contributed by atoms with Crippen LogP contribution in [0.15, 0.2) is 6.07 Å². The minimum absolute atomic E-state index is 0.0250. The lowest BCUT2D eigenvalue weighted by Crippen LogP contribution is -2.41. The van der Waals surface area contributed by atoms with Crippen LogP contribution in [0.2, 0.25) is 0 Å². The van der Waals surface area contributed by atoms with Crippen LogP contribution in [0.5, 0.6) is 5.75 Å². The zero-order valence-electron chi connectivity index (χ0n) is 14.5. The highest BCUT2D eigenvalue weighted by Gasteiger charge is 2.36. The van der Waals surface area contributed by atoms with Crippen LogP contribution in [0.1, 0.15) is 74.9 Å². The molecular weight excluding hydrogens is 276 g/mol. The molecule has 0 bridgehead atoms. The van der Waals surface area contributed by atoms with E-state index < -0.39 is 0 Å². The molecule has 0 saturated carbocycles. The van der Waals surface area contributed by atoms with Gasteiger partial charge in [-0.05, 0) is 57.4 Å². The maximum absolute atomic E-state index is 11.9. The average Bonchev–Trinajstić information content (AvgIpc) is 2.42. The van der Waals surface area contributed by atoms with Gasteiger partial charge < -0.3 is 15.8 Å². The Hall–Kier alpha value is -1.55. The van der Waals surface area contributed by atoms with Gasteiger partial charge in [0.05, 0.1) is 6.04 Å².